The Morgan fingerprint density at radius 2 is 1.88 bits per heavy atom. The Morgan fingerprint density at radius 3 is 2.50 bits per heavy atom. The molecule has 0 atom stereocenters. The number of carbonyl (C=O) groups is 2. The van der Waals surface area contributed by atoms with Gasteiger partial charge in [0.25, 0.3) is 0 Å². The molecule has 2 N–H and O–H groups in total. The van der Waals surface area contributed by atoms with Crippen LogP contribution in [0.2, 0.25) is 0 Å². The first-order chi connectivity index (χ1) is 11.2. The number of fused-ring (bicyclic) bond motifs is 1. The summed E-state index contributed by atoms with van der Waals surface area (Å²) in [5, 5.41) is 5.82. The van der Waals surface area contributed by atoms with E-state index in [4.69, 9.17) is 0 Å². The molecule has 0 saturated carbocycles. The van der Waals surface area contributed by atoms with E-state index in [-0.39, 0.29) is 29.8 Å². The molecule has 1 aromatic carbocycles. The molecule has 0 radical (unpaired) electrons. The summed E-state index contributed by atoms with van der Waals surface area (Å²) in [4.78, 5) is 28.7. The molecule has 1 aromatic heterocycles. The van der Waals surface area contributed by atoms with Crippen molar-refractivity contribution in [3.63, 3.8) is 0 Å². The lowest BCUT2D eigenvalue weighted by Crippen LogP contribution is -2.42. The number of hydrogen-bond donors (Lipinski definition) is 2. The zero-order valence-electron chi connectivity index (χ0n) is 15.0. The molecule has 6 heteroatoms. The van der Waals surface area contributed by atoms with E-state index >= 15 is 0 Å². The summed E-state index contributed by atoms with van der Waals surface area (Å²) in [6, 6.07) is 7.66. The molecule has 24 heavy (non-hydrogen) atoms. The number of para-hydroxylation sites is 2. The highest BCUT2D eigenvalue weighted by Crippen LogP contribution is 2.16. The lowest BCUT2D eigenvalue weighted by atomic mass is 10.1. The second-order valence-corrected chi connectivity index (χ2v) is 7.27. The molecule has 0 aliphatic carbocycles. The molecule has 0 aliphatic rings. The number of nitrogens with one attached hydrogen (secondary N) is 2. The fourth-order valence-corrected chi connectivity index (χ4v) is 2.41. The number of nitrogens with zero attached hydrogens (tertiary/aromatic N) is 2. The highest BCUT2D eigenvalue weighted by molar-refractivity contribution is 5.82. The van der Waals surface area contributed by atoms with E-state index in [0.29, 0.717) is 12.4 Å². The van der Waals surface area contributed by atoms with Gasteiger partial charge in [-0.05, 0) is 32.9 Å². The van der Waals surface area contributed by atoms with Crippen LogP contribution < -0.4 is 10.6 Å². The average molecular weight is 330 g/mol. The minimum absolute atomic E-state index is 0.0345. The van der Waals surface area contributed by atoms with Crippen LogP contribution >= 0.6 is 0 Å². The third kappa shape index (κ3) is 4.57. The Bertz CT molecular complexity index is 741. The van der Waals surface area contributed by atoms with Gasteiger partial charge >= 0.3 is 0 Å². The molecule has 2 aromatic rings. The predicted molar refractivity (Wildman–Crippen MR) is 94.3 cm³/mol. The predicted octanol–water partition coefficient (Wildman–Crippen LogP) is 2.22. The van der Waals surface area contributed by atoms with Gasteiger partial charge in [-0.3, -0.25) is 9.59 Å². The van der Waals surface area contributed by atoms with Gasteiger partial charge in [0.1, 0.15) is 12.4 Å². The number of hydrogen-bond acceptors (Lipinski definition) is 3. The van der Waals surface area contributed by atoms with Crippen LogP contribution in [0.15, 0.2) is 24.3 Å². The average Bonchev–Trinajstić information content (AvgIpc) is 2.80. The van der Waals surface area contributed by atoms with Crippen molar-refractivity contribution >= 4 is 22.8 Å². The number of carbonyl (C=O) groups excluding carboxylic acids is 2. The molecule has 130 valence electrons. The summed E-state index contributed by atoms with van der Waals surface area (Å²) in [5.41, 5.74) is 1.41. The van der Waals surface area contributed by atoms with Crippen LogP contribution in [-0.2, 0) is 22.7 Å². The zero-order valence-corrected chi connectivity index (χ0v) is 15.0. The number of amides is 2. The fourth-order valence-electron chi connectivity index (χ4n) is 2.41. The van der Waals surface area contributed by atoms with Crippen LogP contribution in [0.5, 0.6) is 0 Å². The first-order valence-corrected chi connectivity index (χ1v) is 8.20. The zero-order chi connectivity index (χ0) is 17.9. The van der Waals surface area contributed by atoms with Crippen molar-refractivity contribution in [2.24, 2.45) is 5.92 Å². The van der Waals surface area contributed by atoms with Crippen LogP contribution in [0.4, 0.5) is 0 Å². The summed E-state index contributed by atoms with van der Waals surface area (Å²) in [6.45, 7) is 9.99. The summed E-state index contributed by atoms with van der Waals surface area (Å²) >= 11 is 0. The monoisotopic (exact) mass is 330 g/mol. The fraction of sp³-hybridized carbons (Fsp3) is 0.500. The van der Waals surface area contributed by atoms with Crippen LogP contribution in [0.3, 0.4) is 0 Å². The maximum atomic E-state index is 12.3. The first kappa shape index (κ1) is 18.0. The molecule has 0 bridgehead atoms. The van der Waals surface area contributed by atoms with E-state index in [2.05, 4.69) is 15.6 Å². The first-order valence-electron chi connectivity index (χ1n) is 8.20. The molecular formula is C18H26N4O2. The second-order valence-electron chi connectivity index (χ2n) is 7.27. The second kappa shape index (κ2) is 7.03. The van der Waals surface area contributed by atoms with Gasteiger partial charge in [0.2, 0.25) is 11.8 Å². The number of imidazole rings is 1. The third-order valence-electron chi connectivity index (χ3n) is 3.49. The molecule has 0 spiro atoms. The summed E-state index contributed by atoms with van der Waals surface area (Å²) in [6.07, 6.45) is 0. The maximum absolute atomic E-state index is 12.3. The highest BCUT2D eigenvalue weighted by atomic mass is 16.2. The molecule has 0 fully saturated rings. The Labute approximate surface area is 142 Å². The van der Waals surface area contributed by atoms with E-state index in [1.165, 1.54) is 0 Å². The van der Waals surface area contributed by atoms with Crippen molar-refractivity contribution in [1.82, 2.24) is 20.2 Å². The van der Waals surface area contributed by atoms with Gasteiger partial charge < -0.3 is 15.2 Å². The minimum Gasteiger partial charge on any atom is -0.350 e. The van der Waals surface area contributed by atoms with Crippen LogP contribution in [0.25, 0.3) is 11.0 Å². The SMILES string of the molecule is CC(C)C(=O)NCc1nc2ccccc2n1CC(=O)NC(C)(C)C. The van der Waals surface area contributed by atoms with Gasteiger partial charge in [-0.25, -0.2) is 4.98 Å². The van der Waals surface area contributed by atoms with Gasteiger partial charge in [-0.2, -0.15) is 0 Å². The highest BCUT2D eigenvalue weighted by Gasteiger charge is 2.18. The molecule has 0 unspecified atom stereocenters. The van der Waals surface area contributed by atoms with Gasteiger partial charge in [-0.1, -0.05) is 26.0 Å². The van der Waals surface area contributed by atoms with E-state index in [1.807, 2.05) is 63.5 Å². The summed E-state index contributed by atoms with van der Waals surface area (Å²) < 4.78 is 1.86. The lowest BCUT2D eigenvalue weighted by molar-refractivity contribution is -0.124. The smallest absolute Gasteiger partial charge is 0.240 e. The summed E-state index contributed by atoms with van der Waals surface area (Å²) in [5.74, 6) is 0.469. The molecule has 1 heterocycles. The molecule has 0 aliphatic heterocycles. The van der Waals surface area contributed by atoms with Crippen molar-refractivity contribution in [2.75, 3.05) is 0 Å². The standard InChI is InChI=1S/C18H26N4O2/c1-12(2)17(24)19-10-15-20-13-8-6-7-9-14(13)22(15)11-16(23)21-18(3,4)5/h6-9,12H,10-11H2,1-5H3,(H,19,24)(H,21,23). The van der Waals surface area contributed by atoms with E-state index < -0.39 is 0 Å². The van der Waals surface area contributed by atoms with Gasteiger partial charge in [0.15, 0.2) is 0 Å². The number of benzene rings is 1. The normalized spacial score (nSPS) is 11.8. The minimum atomic E-state index is -0.292. The van der Waals surface area contributed by atoms with Crippen molar-refractivity contribution < 1.29 is 9.59 Å². The topological polar surface area (TPSA) is 76.0 Å². The van der Waals surface area contributed by atoms with Crippen molar-refractivity contribution in [3.05, 3.63) is 30.1 Å². The van der Waals surface area contributed by atoms with E-state index in [0.717, 1.165) is 11.0 Å². The molecular weight excluding hydrogens is 304 g/mol. The summed E-state index contributed by atoms with van der Waals surface area (Å²) in [7, 11) is 0. The maximum Gasteiger partial charge on any atom is 0.240 e. The lowest BCUT2D eigenvalue weighted by Gasteiger charge is -2.21. The van der Waals surface area contributed by atoms with Crippen LogP contribution in [-0.4, -0.2) is 26.9 Å². The Kier molecular flexibility index (Phi) is 5.26. The third-order valence-corrected chi connectivity index (χ3v) is 3.49. The Morgan fingerprint density at radius 1 is 1.21 bits per heavy atom. The van der Waals surface area contributed by atoms with Gasteiger partial charge in [0.05, 0.1) is 17.6 Å². The number of aromatic nitrogens is 2. The van der Waals surface area contributed by atoms with E-state index in [1.54, 1.807) is 0 Å². The van der Waals surface area contributed by atoms with Crippen LogP contribution in [0, 0.1) is 5.92 Å². The van der Waals surface area contributed by atoms with E-state index in [9.17, 15) is 9.59 Å². The molecule has 2 rings (SSSR count). The van der Waals surface area contributed by atoms with Crippen molar-refractivity contribution in [2.45, 2.75) is 53.2 Å². The van der Waals surface area contributed by atoms with Crippen molar-refractivity contribution in [3.8, 4) is 0 Å². The Hall–Kier alpha value is -2.37. The number of rotatable bonds is 5. The Balaban J connectivity index is 2.26. The van der Waals surface area contributed by atoms with Crippen molar-refractivity contribution in [1.29, 1.82) is 0 Å². The molecule has 2 amide bonds. The van der Waals surface area contributed by atoms with Crippen LogP contribution in [0.1, 0.15) is 40.4 Å². The quantitative estimate of drug-likeness (QED) is 0.882. The largest absolute Gasteiger partial charge is 0.350 e. The van der Waals surface area contributed by atoms with Gasteiger partial charge in [-0.15, -0.1) is 0 Å². The molecule has 6 nitrogen and oxygen atoms in total. The van der Waals surface area contributed by atoms with Gasteiger partial charge in [0, 0.05) is 11.5 Å². The molecule has 0 saturated heterocycles.